The van der Waals surface area contributed by atoms with E-state index in [9.17, 15) is 0 Å². The Balaban J connectivity index is 2.39. The average molecular weight is 220 g/mol. The fourth-order valence-corrected chi connectivity index (χ4v) is 1.67. The Hall–Kier alpha value is -0.980. The predicted molar refractivity (Wildman–Crippen MR) is 70.2 cm³/mol. The molecule has 1 atom stereocenters. The van der Waals surface area contributed by atoms with Crippen molar-refractivity contribution in [2.75, 3.05) is 6.61 Å². The highest BCUT2D eigenvalue weighted by Crippen LogP contribution is 2.21. The van der Waals surface area contributed by atoms with Gasteiger partial charge in [-0.25, -0.2) is 0 Å². The predicted octanol–water partition coefficient (Wildman–Crippen LogP) is 4.77. The van der Waals surface area contributed by atoms with Gasteiger partial charge in [-0.15, -0.1) is 0 Å². The van der Waals surface area contributed by atoms with E-state index in [1.807, 2.05) is 0 Å². The van der Waals surface area contributed by atoms with Crippen molar-refractivity contribution in [1.82, 2.24) is 0 Å². The van der Waals surface area contributed by atoms with Crippen LogP contribution in [0.3, 0.4) is 0 Å². The van der Waals surface area contributed by atoms with Gasteiger partial charge >= 0.3 is 0 Å². The zero-order valence-electron chi connectivity index (χ0n) is 10.8. The summed E-state index contributed by atoms with van der Waals surface area (Å²) in [6.45, 7) is 7.54. The summed E-state index contributed by atoms with van der Waals surface area (Å²) >= 11 is 0. The molecule has 1 aromatic rings. The van der Waals surface area contributed by atoms with Crippen LogP contribution in [-0.2, 0) is 0 Å². The van der Waals surface area contributed by atoms with E-state index >= 15 is 0 Å². The van der Waals surface area contributed by atoms with Crippen LogP contribution < -0.4 is 4.74 Å². The van der Waals surface area contributed by atoms with Crippen molar-refractivity contribution in [2.45, 2.75) is 52.4 Å². The van der Waals surface area contributed by atoms with Crippen LogP contribution in [0.4, 0.5) is 0 Å². The average Bonchev–Trinajstić information content (AvgIpc) is 2.34. The summed E-state index contributed by atoms with van der Waals surface area (Å²) in [5, 5.41) is 0. The van der Waals surface area contributed by atoms with Gasteiger partial charge in [0.2, 0.25) is 0 Å². The minimum absolute atomic E-state index is 0.647. The molecule has 0 aliphatic heterocycles. The fraction of sp³-hybridized carbons (Fsp3) is 0.600. The number of benzene rings is 1. The summed E-state index contributed by atoms with van der Waals surface area (Å²) < 4.78 is 5.68. The Morgan fingerprint density at radius 2 is 1.75 bits per heavy atom. The van der Waals surface area contributed by atoms with E-state index in [-0.39, 0.29) is 0 Å². The molecule has 1 heteroatoms. The molecule has 0 aliphatic carbocycles. The number of hydrogen-bond acceptors (Lipinski definition) is 1. The Bertz CT molecular complexity index is 276. The second-order valence-electron chi connectivity index (χ2n) is 4.43. The van der Waals surface area contributed by atoms with E-state index in [1.54, 1.807) is 0 Å². The maximum Gasteiger partial charge on any atom is 0.119 e. The largest absolute Gasteiger partial charge is 0.494 e. The first-order valence-electron chi connectivity index (χ1n) is 6.50. The molecule has 0 fully saturated rings. The summed E-state index contributed by atoms with van der Waals surface area (Å²) in [5.74, 6) is 1.65. The lowest BCUT2D eigenvalue weighted by Gasteiger charge is -2.10. The quantitative estimate of drug-likeness (QED) is 0.601. The van der Waals surface area contributed by atoms with Crippen molar-refractivity contribution in [3.63, 3.8) is 0 Å². The zero-order chi connectivity index (χ0) is 11.8. The topological polar surface area (TPSA) is 9.23 Å². The minimum atomic E-state index is 0.647. The number of unbranched alkanes of at least 4 members (excludes halogenated alkanes) is 2. The molecule has 0 spiro atoms. The monoisotopic (exact) mass is 220 g/mol. The van der Waals surface area contributed by atoms with Gasteiger partial charge in [-0.3, -0.25) is 0 Å². The lowest BCUT2D eigenvalue weighted by atomic mass is 9.99. The second-order valence-corrected chi connectivity index (χ2v) is 4.43. The van der Waals surface area contributed by atoms with Crippen LogP contribution in [0.2, 0.25) is 0 Å². The second kappa shape index (κ2) is 7.32. The molecule has 1 nitrogen and oxygen atoms in total. The van der Waals surface area contributed by atoms with E-state index < -0.39 is 0 Å². The first kappa shape index (κ1) is 13.1. The highest BCUT2D eigenvalue weighted by Gasteiger charge is 2.02. The molecule has 0 saturated heterocycles. The Labute approximate surface area is 99.8 Å². The fourth-order valence-electron chi connectivity index (χ4n) is 1.67. The normalized spacial score (nSPS) is 12.4. The van der Waals surface area contributed by atoms with Crippen molar-refractivity contribution >= 4 is 0 Å². The minimum Gasteiger partial charge on any atom is -0.494 e. The van der Waals surface area contributed by atoms with Gasteiger partial charge in [0.05, 0.1) is 6.61 Å². The van der Waals surface area contributed by atoms with Gasteiger partial charge in [-0.2, -0.15) is 0 Å². The van der Waals surface area contributed by atoms with Crippen LogP contribution >= 0.6 is 0 Å². The van der Waals surface area contributed by atoms with Gasteiger partial charge in [0, 0.05) is 0 Å². The third-order valence-electron chi connectivity index (χ3n) is 3.08. The molecule has 1 rings (SSSR count). The van der Waals surface area contributed by atoms with E-state index in [1.165, 1.54) is 24.8 Å². The van der Waals surface area contributed by atoms with Gasteiger partial charge in [-0.05, 0) is 36.5 Å². The van der Waals surface area contributed by atoms with Crippen LogP contribution in [-0.4, -0.2) is 6.61 Å². The Kier molecular flexibility index (Phi) is 5.99. The highest BCUT2D eigenvalue weighted by atomic mass is 16.5. The highest BCUT2D eigenvalue weighted by molar-refractivity contribution is 5.29. The molecular weight excluding hydrogens is 196 g/mol. The maximum atomic E-state index is 5.68. The smallest absolute Gasteiger partial charge is 0.119 e. The Morgan fingerprint density at radius 1 is 1.06 bits per heavy atom. The first-order chi connectivity index (χ1) is 7.77. The van der Waals surface area contributed by atoms with Gasteiger partial charge in [0.1, 0.15) is 5.75 Å². The summed E-state index contributed by atoms with van der Waals surface area (Å²) in [6, 6.07) is 8.55. The summed E-state index contributed by atoms with van der Waals surface area (Å²) in [4.78, 5) is 0. The lowest BCUT2D eigenvalue weighted by molar-refractivity contribution is 0.306. The van der Waals surface area contributed by atoms with Gasteiger partial charge in [0.25, 0.3) is 0 Å². The van der Waals surface area contributed by atoms with Crippen LogP contribution in [0.15, 0.2) is 24.3 Å². The van der Waals surface area contributed by atoms with E-state index in [0.29, 0.717) is 5.92 Å². The van der Waals surface area contributed by atoms with Crippen molar-refractivity contribution in [3.05, 3.63) is 29.8 Å². The molecule has 0 aliphatic rings. The Morgan fingerprint density at radius 3 is 2.31 bits per heavy atom. The summed E-state index contributed by atoms with van der Waals surface area (Å²) in [6.07, 6.45) is 4.85. The van der Waals surface area contributed by atoms with Gasteiger partial charge < -0.3 is 4.74 Å². The van der Waals surface area contributed by atoms with Crippen LogP contribution in [0.5, 0.6) is 5.75 Å². The molecule has 0 amide bonds. The molecule has 1 unspecified atom stereocenters. The zero-order valence-corrected chi connectivity index (χ0v) is 10.8. The van der Waals surface area contributed by atoms with Crippen molar-refractivity contribution in [3.8, 4) is 5.75 Å². The molecule has 1 aromatic carbocycles. The third-order valence-corrected chi connectivity index (χ3v) is 3.08. The molecular formula is C15H24O. The van der Waals surface area contributed by atoms with E-state index in [0.717, 1.165) is 18.8 Å². The van der Waals surface area contributed by atoms with Gasteiger partial charge in [0.15, 0.2) is 0 Å². The molecule has 0 aromatic heterocycles. The lowest BCUT2D eigenvalue weighted by Crippen LogP contribution is -1.97. The maximum absolute atomic E-state index is 5.68. The van der Waals surface area contributed by atoms with Crippen LogP contribution in [0, 0.1) is 0 Å². The molecule has 90 valence electrons. The first-order valence-corrected chi connectivity index (χ1v) is 6.50. The van der Waals surface area contributed by atoms with Crippen LogP contribution in [0.1, 0.15) is 57.9 Å². The molecule has 0 heterocycles. The van der Waals surface area contributed by atoms with Gasteiger partial charge in [-0.1, -0.05) is 45.7 Å². The SMILES string of the molecule is CCCCCOc1ccc(C(C)CC)cc1. The van der Waals surface area contributed by atoms with E-state index in [4.69, 9.17) is 4.74 Å². The van der Waals surface area contributed by atoms with E-state index in [2.05, 4.69) is 45.0 Å². The van der Waals surface area contributed by atoms with Crippen molar-refractivity contribution in [1.29, 1.82) is 0 Å². The summed E-state index contributed by atoms with van der Waals surface area (Å²) in [7, 11) is 0. The molecule has 0 radical (unpaired) electrons. The standard InChI is InChI=1S/C15H24O/c1-4-6-7-12-16-15-10-8-14(9-11-15)13(3)5-2/h8-11,13H,4-7,12H2,1-3H3. The molecule has 0 bridgehead atoms. The number of hydrogen-bond donors (Lipinski definition) is 0. The van der Waals surface area contributed by atoms with Crippen molar-refractivity contribution in [2.24, 2.45) is 0 Å². The third kappa shape index (κ3) is 4.26. The number of ether oxygens (including phenoxy) is 1. The summed E-state index contributed by atoms with van der Waals surface area (Å²) in [5.41, 5.74) is 1.41. The van der Waals surface area contributed by atoms with Crippen molar-refractivity contribution < 1.29 is 4.74 Å². The molecule has 0 saturated carbocycles. The molecule has 16 heavy (non-hydrogen) atoms. The van der Waals surface area contributed by atoms with Crippen LogP contribution in [0.25, 0.3) is 0 Å². The number of rotatable bonds is 7. The molecule has 0 N–H and O–H groups in total.